The van der Waals surface area contributed by atoms with Gasteiger partial charge < -0.3 is 30.4 Å². The van der Waals surface area contributed by atoms with Gasteiger partial charge in [-0.25, -0.2) is 0 Å². The molecule has 0 unspecified atom stereocenters. The van der Waals surface area contributed by atoms with Gasteiger partial charge >= 0.3 is 0 Å². The van der Waals surface area contributed by atoms with Gasteiger partial charge in [-0.1, -0.05) is 0 Å². The Labute approximate surface area is 255 Å². The third-order valence-corrected chi connectivity index (χ3v) is 7.65. The van der Waals surface area contributed by atoms with E-state index in [0.717, 1.165) is 0 Å². The molecule has 0 fully saturated rings. The molecule has 44 heavy (non-hydrogen) atoms. The van der Waals surface area contributed by atoms with E-state index in [1.807, 2.05) is 0 Å². The Balaban J connectivity index is 1.68. The number of ether oxygens (including phenoxy) is 4. The minimum absolute atomic E-state index is 0.0225. The highest BCUT2D eigenvalue weighted by molar-refractivity contribution is 7.86. The molecule has 4 rings (SSSR count). The van der Waals surface area contributed by atoms with E-state index in [9.17, 15) is 16.8 Å². The highest BCUT2D eigenvalue weighted by Crippen LogP contribution is 2.42. The minimum atomic E-state index is -4.17. The molecule has 0 radical (unpaired) electrons. The standard InChI is InChI=1S/C30H32N2O10S2/c31-21-3-7-23(8-4-21)41-25-11-13-27(29(19-25)39-15-1-17-43(33,34)35)28-14-12-26(42-24-9-5-22(32)6-10-24)20-30(28)40-16-2-18-44(36,37)38/h3-14,19-20H,1-2,15-18,31-32H2,(H,33,34,35)(H,36,37,38). The summed E-state index contributed by atoms with van der Waals surface area (Å²) in [6, 6.07) is 23.7. The minimum Gasteiger partial charge on any atom is -0.493 e. The molecule has 4 aromatic rings. The second kappa shape index (κ2) is 14.3. The molecule has 234 valence electrons. The molecule has 0 saturated heterocycles. The van der Waals surface area contributed by atoms with E-state index in [1.165, 1.54) is 0 Å². The molecule has 0 amide bonds. The van der Waals surface area contributed by atoms with E-state index in [0.29, 0.717) is 57.0 Å². The fourth-order valence-electron chi connectivity index (χ4n) is 4.01. The summed E-state index contributed by atoms with van der Waals surface area (Å²) in [4.78, 5) is 0. The molecule has 14 heteroatoms. The van der Waals surface area contributed by atoms with Crippen molar-refractivity contribution in [3.8, 4) is 45.6 Å². The lowest BCUT2D eigenvalue weighted by molar-refractivity contribution is 0.311. The predicted molar refractivity (Wildman–Crippen MR) is 167 cm³/mol. The van der Waals surface area contributed by atoms with Gasteiger partial charge in [0.1, 0.15) is 34.5 Å². The summed E-state index contributed by atoms with van der Waals surface area (Å²) in [5.74, 6) is 1.57. The monoisotopic (exact) mass is 644 g/mol. The summed E-state index contributed by atoms with van der Waals surface area (Å²) in [5, 5.41) is 0. The number of hydrogen-bond donors (Lipinski definition) is 4. The van der Waals surface area contributed by atoms with Gasteiger partial charge in [0, 0.05) is 34.6 Å². The molecule has 0 aliphatic heterocycles. The highest BCUT2D eigenvalue weighted by atomic mass is 32.2. The average Bonchev–Trinajstić information content (AvgIpc) is 2.95. The normalized spacial score (nSPS) is 11.6. The van der Waals surface area contributed by atoms with Crippen LogP contribution < -0.4 is 30.4 Å². The van der Waals surface area contributed by atoms with Crippen LogP contribution in [-0.4, -0.2) is 50.7 Å². The van der Waals surface area contributed by atoms with E-state index < -0.39 is 31.7 Å². The first-order valence-corrected chi connectivity index (χ1v) is 16.6. The van der Waals surface area contributed by atoms with Gasteiger partial charge in [0.15, 0.2) is 0 Å². The average molecular weight is 645 g/mol. The fourth-order valence-corrected chi connectivity index (χ4v) is 4.97. The molecule has 0 heterocycles. The Kier molecular flexibility index (Phi) is 10.5. The van der Waals surface area contributed by atoms with Crippen LogP contribution in [0.1, 0.15) is 12.8 Å². The molecular weight excluding hydrogens is 612 g/mol. The van der Waals surface area contributed by atoms with E-state index >= 15 is 0 Å². The second-order valence-corrected chi connectivity index (χ2v) is 12.8. The first-order chi connectivity index (χ1) is 20.8. The highest BCUT2D eigenvalue weighted by Gasteiger charge is 2.17. The van der Waals surface area contributed by atoms with E-state index in [4.69, 9.17) is 39.5 Å². The SMILES string of the molecule is Nc1ccc(Oc2ccc(-c3ccc(Oc4ccc(N)cc4)cc3OCCCS(=O)(=O)O)c(OCCCS(=O)(=O)O)c2)cc1. The first kappa shape index (κ1) is 32.4. The molecule has 0 aliphatic rings. The van der Waals surface area contributed by atoms with Gasteiger partial charge in [0.25, 0.3) is 20.2 Å². The van der Waals surface area contributed by atoms with Crippen molar-refractivity contribution in [3.05, 3.63) is 84.9 Å². The van der Waals surface area contributed by atoms with Gasteiger partial charge in [-0.3, -0.25) is 9.11 Å². The molecule has 0 atom stereocenters. The maximum Gasteiger partial charge on any atom is 0.264 e. The molecule has 4 aromatic carbocycles. The van der Waals surface area contributed by atoms with Crippen LogP contribution in [0.15, 0.2) is 84.9 Å². The number of hydrogen-bond acceptors (Lipinski definition) is 10. The molecule has 12 nitrogen and oxygen atoms in total. The summed E-state index contributed by atoms with van der Waals surface area (Å²) < 4.78 is 86.9. The van der Waals surface area contributed by atoms with E-state index in [-0.39, 0.29) is 26.1 Å². The van der Waals surface area contributed by atoms with Crippen molar-refractivity contribution in [3.63, 3.8) is 0 Å². The molecular formula is C30H32N2O10S2. The number of rotatable bonds is 15. The zero-order valence-electron chi connectivity index (χ0n) is 23.5. The summed E-state index contributed by atoms with van der Waals surface area (Å²) in [6.07, 6.45) is 0.0450. The third kappa shape index (κ3) is 10.3. The van der Waals surface area contributed by atoms with Gasteiger partial charge in [-0.05, 0) is 85.6 Å². The van der Waals surface area contributed by atoms with Crippen molar-refractivity contribution >= 4 is 31.6 Å². The van der Waals surface area contributed by atoms with Crippen LogP contribution in [0.3, 0.4) is 0 Å². The molecule has 0 saturated carbocycles. The van der Waals surface area contributed by atoms with Crippen LogP contribution in [-0.2, 0) is 20.2 Å². The Hall–Kier alpha value is -4.50. The Morgan fingerprint density at radius 1 is 0.523 bits per heavy atom. The first-order valence-electron chi connectivity index (χ1n) is 13.4. The van der Waals surface area contributed by atoms with Crippen LogP contribution in [0, 0.1) is 0 Å². The fraction of sp³-hybridized carbons (Fsp3) is 0.200. The van der Waals surface area contributed by atoms with Gasteiger partial charge in [-0.2, -0.15) is 16.8 Å². The van der Waals surface area contributed by atoms with E-state index in [1.54, 1.807) is 84.9 Å². The Bertz CT molecular complexity index is 1650. The number of anilines is 2. The van der Waals surface area contributed by atoms with Crippen LogP contribution in [0.4, 0.5) is 11.4 Å². The van der Waals surface area contributed by atoms with Crippen molar-refractivity contribution in [1.29, 1.82) is 0 Å². The zero-order chi connectivity index (χ0) is 31.7. The van der Waals surface area contributed by atoms with Crippen molar-refractivity contribution < 1.29 is 44.9 Å². The van der Waals surface area contributed by atoms with Crippen molar-refractivity contribution in [2.24, 2.45) is 0 Å². The van der Waals surface area contributed by atoms with Crippen LogP contribution >= 0.6 is 0 Å². The molecule has 0 aromatic heterocycles. The predicted octanol–water partition coefficient (Wildman–Crippen LogP) is 5.42. The lowest BCUT2D eigenvalue weighted by Gasteiger charge is -2.18. The second-order valence-electron chi connectivity index (χ2n) is 9.63. The summed E-state index contributed by atoms with van der Waals surface area (Å²) in [7, 11) is -8.35. The van der Waals surface area contributed by atoms with Crippen molar-refractivity contribution in [2.45, 2.75) is 12.8 Å². The number of nitrogen functional groups attached to an aromatic ring is 2. The van der Waals surface area contributed by atoms with Crippen LogP contribution in [0.5, 0.6) is 34.5 Å². The van der Waals surface area contributed by atoms with Crippen molar-refractivity contribution in [2.75, 3.05) is 36.2 Å². The van der Waals surface area contributed by atoms with Crippen LogP contribution in [0.2, 0.25) is 0 Å². The van der Waals surface area contributed by atoms with Crippen molar-refractivity contribution in [1.82, 2.24) is 0 Å². The Morgan fingerprint density at radius 2 is 0.864 bits per heavy atom. The van der Waals surface area contributed by atoms with E-state index in [2.05, 4.69) is 0 Å². The van der Waals surface area contributed by atoms with Gasteiger partial charge in [-0.15, -0.1) is 0 Å². The molecule has 0 aliphatic carbocycles. The summed E-state index contributed by atoms with van der Waals surface area (Å²) in [6.45, 7) is -0.0814. The van der Waals surface area contributed by atoms with Crippen LogP contribution in [0.25, 0.3) is 11.1 Å². The van der Waals surface area contributed by atoms with Gasteiger partial charge in [0.05, 0.1) is 24.7 Å². The number of benzene rings is 4. The molecule has 0 spiro atoms. The maximum absolute atomic E-state index is 11.2. The lowest BCUT2D eigenvalue weighted by atomic mass is 10.0. The Morgan fingerprint density at radius 3 is 1.20 bits per heavy atom. The largest absolute Gasteiger partial charge is 0.493 e. The maximum atomic E-state index is 11.2. The number of nitrogens with two attached hydrogens (primary N) is 2. The topological polar surface area (TPSA) is 198 Å². The molecule has 6 N–H and O–H groups in total. The molecule has 0 bridgehead atoms. The zero-order valence-corrected chi connectivity index (χ0v) is 25.1. The smallest absolute Gasteiger partial charge is 0.264 e. The van der Waals surface area contributed by atoms with Gasteiger partial charge in [0.2, 0.25) is 0 Å². The quantitative estimate of drug-likeness (QED) is 0.0730. The third-order valence-electron chi connectivity index (χ3n) is 6.04. The summed E-state index contributed by atoms with van der Waals surface area (Å²) >= 11 is 0. The lowest BCUT2D eigenvalue weighted by Crippen LogP contribution is -2.09. The summed E-state index contributed by atoms with van der Waals surface area (Å²) in [5.41, 5.74) is 13.8.